The van der Waals surface area contributed by atoms with Crippen molar-refractivity contribution in [1.29, 1.82) is 0 Å². The Hall–Kier alpha value is -1.10. The standard InChI is InChI=1S/C15H28N2O3/c1-3-16-10-12(2)13(18)17-11-15(14(19)20)8-6-4-5-7-9-15/h12,16H,3-11H2,1-2H3,(H,17,18)(H,19,20). The zero-order valence-electron chi connectivity index (χ0n) is 12.7. The highest BCUT2D eigenvalue weighted by Crippen LogP contribution is 2.34. The summed E-state index contributed by atoms with van der Waals surface area (Å²) >= 11 is 0. The molecule has 1 aliphatic rings. The van der Waals surface area contributed by atoms with Crippen LogP contribution in [0.5, 0.6) is 0 Å². The Balaban J connectivity index is 2.54. The van der Waals surface area contributed by atoms with Crippen LogP contribution < -0.4 is 10.6 Å². The molecule has 0 aromatic rings. The van der Waals surface area contributed by atoms with Crippen LogP contribution in [0.15, 0.2) is 0 Å². The zero-order chi connectivity index (χ0) is 15.0. The van der Waals surface area contributed by atoms with Crippen molar-refractivity contribution in [3.8, 4) is 0 Å². The van der Waals surface area contributed by atoms with E-state index in [4.69, 9.17) is 0 Å². The first-order chi connectivity index (χ1) is 9.52. The number of hydrogen-bond acceptors (Lipinski definition) is 3. The molecule has 1 rings (SSSR count). The second-order valence-corrected chi connectivity index (χ2v) is 5.93. The van der Waals surface area contributed by atoms with Crippen LogP contribution in [0, 0.1) is 11.3 Å². The van der Waals surface area contributed by atoms with Crippen molar-refractivity contribution in [2.45, 2.75) is 52.4 Å². The Bertz CT molecular complexity index is 323. The van der Waals surface area contributed by atoms with Crippen LogP contribution in [0.2, 0.25) is 0 Å². The van der Waals surface area contributed by atoms with E-state index < -0.39 is 11.4 Å². The number of carbonyl (C=O) groups excluding carboxylic acids is 1. The van der Waals surface area contributed by atoms with Gasteiger partial charge in [-0.05, 0) is 19.4 Å². The monoisotopic (exact) mass is 284 g/mol. The SMILES string of the molecule is CCNCC(C)C(=O)NCC1(C(=O)O)CCCCCC1. The van der Waals surface area contributed by atoms with E-state index in [2.05, 4.69) is 10.6 Å². The van der Waals surface area contributed by atoms with E-state index in [0.717, 1.165) is 32.2 Å². The molecule has 1 amide bonds. The van der Waals surface area contributed by atoms with Crippen molar-refractivity contribution in [1.82, 2.24) is 10.6 Å². The number of amides is 1. The van der Waals surface area contributed by atoms with Gasteiger partial charge in [0.05, 0.1) is 5.41 Å². The van der Waals surface area contributed by atoms with Crippen molar-refractivity contribution in [3.63, 3.8) is 0 Å². The molecule has 0 radical (unpaired) electrons. The van der Waals surface area contributed by atoms with Crippen molar-refractivity contribution in [3.05, 3.63) is 0 Å². The average Bonchev–Trinajstić information content (AvgIpc) is 2.68. The van der Waals surface area contributed by atoms with Gasteiger partial charge in [-0.15, -0.1) is 0 Å². The minimum absolute atomic E-state index is 0.0594. The summed E-state index contributed by atoms with van der Waals surface area (Å²) in [6.45, 7) is 5.57. The third-order valence-electron chi connectivity index (χ3n) is 4.26. The number of rotatable bonds is 7. The lowest BCUT2D eigenvalue weighted by Crippen LogP contribution is -2.45. The van der Waals surface area contributed by atoms with Gasteiger partial charge in [0.2, 0.25) is 5.91 Å². The van der Waals surface area contributed by atoms with Gasteiger partial charge in [0, 0.05) is 19.0 Å². The summed E-state index contributed by atoms with van der Waals surface area (Å²) in [7, 11) is 0. The topological polar surface area (TPSA) is 78.4 Å². The largest absolute Gasteiger partial charge is 0.481 e. The van der Waals surface area contributed by atoms with Crippen LogP contribution in [0.4, 0.5) is 0 Å². The molecule has 5 heteroatoms. The van der Waals surface area contributed by atoms with Crippen LogP contribution in [0.3, 0.4) is 0 Å². The van der Waals surface area contributed by atoms with Gasteiger partial charge in [-0.1, -0.05) is 39.5 Å². The summed E-state index contributed by atoms with van der Waals surface area (Å²) in [5, 5.41) is 15.5. The van der Waals surface area contributed by atoms with Gasteiger partial charge in [-0.25, -0.2) is 0 Å². The quantitative estimate of drug-likeness (QED) is 0.623. The van der Waals surface area contributed by atoms with Crippen LogP contribution >= 0.6 is 0 Å². The van der Waals surface area contributed by atoms with E-state index in [9.17, 15) is 14.7 Å². The number of carboxylic acid groups (broad SMARTS) is 1. The van der Waals surface area contributed by atoms with Crippen LogP contribution in [0.1, 0.15) is 52.4 Å². The molecule has 0 aromatic heterocycles. The highest BCUT2D eigenvalue weighted by molar-refractivity contribution is 5.80. The fourth-order valence-electron chi connectivity index (χ4n) is 2.76. The van der Waals surface area contributed by atoms with Crippen LogP contribution in [0.25, 0.3) is 0 Å². The Morgan fingerprint density at radius 2 is 1.80 bits per heavy atom. The molecule has 0 aromatic carbocycles. The molecule has 1 unspecified atom stereocenters. The molecule has 0 aliphatic heterocycles. The number of hydrogen-bond donors (Lipinski definition) is 3. The number of nitrogens with one attached hydrogen (secondary N) is 2. The number of carbonyl (C=O) groups is 2. The summed E-state index contributed by atoms with van der Waals surface area (Å²) < 4.78 is 0. The van der Waals surface area contributed by atoms with E-state index in [0.29, 0.717) is 19.4 Å². The number of carboxylic acids is 1. The van der Waals surface area contributed by atoms with Crippen molar-refractivity contribution >= 4 is 11.9 Å². The first kappa shape index (κ1) is 17.0. The highest BCUT2D eigenvalue weighted by Gasteiger charge is 2.39. The van der Waals surface area contributed by atoms with Gasteiger partial charge in [0.1, 0.15) is 0 Å². The van der Waals surface area contributed by atoms with Crippen molar-refractivity contribution in [2.24, 2.45) is 11.3 Å². The summed E-state index contributed by atoms with van der Waals surface area (Å²) in [6.07, 6.45) is 5.41. The molecule has 20 heavy (non-hydrogen) atoms. The molecule has 3 N–H and O–H groups in total. The molecule has 0 spiro atoms. The van der Waals surface area contributed by atoms with Gasteiger partial charge >= 0.3 is 5.97 Å². The maximum atomic E-state index is 12.0. The van der Waals surface area contributed by atoms with Gasteiger partial charge in [-0.2, -0.15) is 0 Å². The fraction of sp³-hybridized carbons (Fsp3) is 0.867. The van der Waals surface area contributed by atoms with Gasteiger partial charge in [0.15, 0.2) is 0 Å². The van der Waals surface area contributed by atoms with E-state index in [-0.39, 0.29) is 18.4 Å². The molecular weight excluding hydrogens is 256 g/mol. The molecule has 116 valence electrons. The normalized spacial score (nSPS) is 19.9. The second kappa shape index (κ2) is 8.25. The van der Waals surface area contributed by atoms with E-state index >= 15 is 0 Å². The smallest absolute Gasteiger partial charge is 0.311 e. The zero-order valence-corrected chi connectivity index (χ0v) is 12.7. The molecule has 1 atom stereocenters. The maximum absolute atomic E-state index is 12.0. The molecule has 1 saturated carbocycles. The third-order valence-corrected chi connectivity index (χ3v) is 4.26. The maximum Gasteiger partial charge on any atom is 0.311 e. The van der Waals surface area contributed by atoms with Gasteiger partial charge in [-0.3, -0.25) is 9.59 Å². The lowest BCUT2D eigenvalue weighted by molar-refractivity contribution is -0.150. The lowest BCUT2D eigenvalue weighted by atomic mass is 9.80. The summed E-state index contributed by atoms with van der Waals surface area (Å²) in [4.78, 5) is 23.6. The predicted molar refractivity (Wildman–Crippen MR) is 78.5 cm³/mol. The second-order valence-electron chi connectivity index (χ2n) is 5.93. The minimum atomic E-state index is -0.765. The predicted octanol–water partition coefficient (Wildman–Crippen LogP) is 1.77. The molecule has 1 fully saturated rings. The van der Waals surface area contributed by atoms with Gasteiger partial charge < -0.3 is 15.7 Å². The molecule has 0 saturated heterocycles. The van der Waals surface area contributed by atoms with E-state index in [1.807, 2.05) is 13.8 Å². The first-order valence-electron chi connectivity index (χ1n) is 7.73. The first-order valence-corrected chi connectivity index (χ1v) is 7.73. The molecule has 5 nitrogen and oxygen atoms in total. The molecule has 0 heterocycles. The van der Waals surface area contributed by atoms with Crippen molar-refractivity contribution in [2.75, 3.05) is 19.6 Å². The summed E-state index contributed by atoms with van der Waals surface area (Å²) in [5.41, 5.74) is -0.760. The Morgan fingerprint density at radius 3 is 2.30 bits per heavy atom. The van der Waals surface area contributed by atoms with Crippen molar-refractivity contribution < 1.29 is 14.7 Å². The minimum Gasteiger partial charge on any atom is -0.481 e. The average molecular weight is 284 g/mol. The third kappa shape index (κ3) is 4.78. The van der Waals surface area contributed by atoms with Crippen LogP contribution in [-0.4, -0.2) is 36.6 Å². The van der Waals surface area contributed by atoms with E-state index in [1.54, 1.807) is 0 Å². The molecular formula is C15H28N2O3. The fourth-order valence-corrected chi connectivity index (χ4v) is 2.76. The molecule has 0 bridgehead atoms. The summed E-state index contributed by atoms with van der Waals surface area (Å²) in [5.74, 6) is -0.957. The van der Waals surface area contributed by atoms with Crippen LogP contribution in [-0.2, 0) is 9.59 Å². The number of aliphatic carboxylic acids is 1. The molecule has 1 aliphatic carbocycles. The Morgan fingerprint density at radius 1 is 1.20 bits per heavy atom. The lowest BCUT2D eigenvalue weighted by Gasteiger charge is -2.28. The Kier molecular flexibility index (Phi) is 6.99. The summed E-state index contributed by atoms with van der Waals surface area (Å²) in [6, 6.07) is 0. The Labute approximate surface area is 121 Å². The van der Waals surface area contributed by atoms with E-state index in [1.165, 1.54) is 0 Å². The highest BCUT2D eigenvalue weighted by atomic mass is 16.4. The van der Waals surface area contributed by atoms with Gasteiger partial charge in [0.25, 0.3) is 0 Å².